The van der Waals surface area contributed by atoms with Crippen LogP contribution in [0.1, 0.15) is 12.8 Å². The zero-order valence-corrected chi connectivity index (χ0v) is 12.5. The molecule has 1 N–H and O–H groups in total. The minimum atomic E-state index is -3.50. The molecule has 2 rings (SSSR count). The highest BCUT2D eigenvalue weighted by atomic mass is 79.9. The highest BCUT2D eigenvalue weighted by molar-refractivity contribution is 9.10. The van der Waals surface area contributed by atoms with Crippen LogP contribution in [-0.2, 0) is 10.0 Å². The summed E-state index contributed by atoms with van der Waals surface area (Å²) in [5.74, 6) is 0.271. The number of halogens is 1. The molecule has 0 radical (unpaired) electrons. The van der Waals surface area contributed by atoms with Crippen LogP contribution in [0, 0.1) is 5.92 Å². The van der Waals surface area contributed by atoms with Crippen molar-refractivity contribution in [2.24, 2.45) is 5.92 Å². The van der Waals surface area contributed by atoms with Gasteiger partial charge in [0.25, 0.3) is 0 Å². The fraction of sp³-hybridized carbons (Fsp3) is 0.500. The van der Waals surface area contributed by atoms with E-state index in [1.54, 1.807) is 24.3 Å². The van der Waals surface area contributed by atoms with Crippen LogP contribution in [0.25, 0.3) is 0 Å². The molecule has 0 spiro atoms. The third-order valence-electron chi connectivity index (χ3n) is 3.13. The number of aliphatic hydroxyl groups is 1. The van der Waals surface area contributed by atoms with Gasteiger partial charge in [-0.05, 0) is 43.0 Å². The largest absolute Gasteiger partial charge is 0.391 e. The highest BCUT2D eigenvalue weighted by Crippen LogP contribution is 2.33. The van der Waals surface area contributed by atoms with E-state index < -0.39 is 16.1 Å². The average Bonchev–Trinajstić information content (AvgIpc) is 3.13. The van der Waals surface area contributed by atoms with Crippen molar-refractivity contribution >= 4 is 26.0 Å². The summed E-state index contributed by atoms with van der Waals surface area (Å²) in [7, 11) is -2.00. The molecule has 0 bridgehead atoms. The van der Waals surface area contributed by atoms with Crippen molar-refractivity contribution in [2.75, 3.05) is 13.6 Å². The van der Waals surface area contributed by atoms with Crippen molar-refractivity contribution in [1.29, 1.82) is 0 Å². The van der Waals surface area contributed by atoms with Gasteiger partial charge in [0, 0.05) is 18.1 Å². The topological polar surface area (TPSA) is 57.6 Å². The van der Waals surface area contributed by atoms with Crippen LogP contribution >= 0.6 is 15.9 Å². The van der Waals surface area contributed by atoms with E-state index in [4.69, 9.17) is 0 Å². The Kier molecular flexibility index (Phi) is 4.11. The number of hydrogen-bond donors (Lipinski definition) is 1. The van der Waals surface area contributed by atoms with Crippen LogP contribution < -0.4 is 0 Å². The molecule has 6 heteroatoms. The minimum absolute atomic E-state index is 0.156. The van der Waals surface area contributed by atoms with Crippen LogP contribution in [-0.4, -0.2) is 37.5 Å². The maximum atomic E-state index is 12.2. The van der Waals surface area contributed by atoms with E-state index in [0.717, 1.165) is 17.3 Å². The molecule has 0 saturated heterocycles. The first-order valence-electron chi connectivity index (χ1n) is 5.81. The van der Waals surface area contributed by atoms with E-state index in [1.807, 2.05) is 0 Å². The average molecular weight is 334 g/mol. The van der Waals surface area contributed by atoms with Gasteiger partial charge in [0.05, 0.1) is 11.0 Å². The van der Waals surface area contributed by atoms with Crippen LogP contribution in [0.5, 0.6) is 0 Å². The summed E-state index contributed by atoms with van der Waals surface area (Å²) in [5, 5.41) is 9.80. The molecule has 1 saturated carbocycles. The van der Waals surface area contributed by atoms with Crippen molar-refractivity contribution in [1.82, 2.24) is 4.31 Å². The molecular formula is C12H16BrNO3S. The van der Waals surface area contributed by atoms with Gasteiger partial charge in [-0.15, -0.1) is 0 Å². The molecule has 0 aliphatic heterocycles. The quantitative estimate of drug-likeness (QED) is 0.894. The van der Waals surface area contributed by atoms with E-state index >= 15 is 0 Å². The zero-order chi connectivity index (χ0) is 13.3. The first-order chi connectivity index (χ1) is 8.41. The van der Waals surface area contributed by atoms with E-state index in [2.05, 4.69) is 15.9 Å². The summed E-state index contributed by atoms with van der Waals surface area (Å²) in [4.78, 5) is 0.246. The summed E-state index contributed by atoms with van der Waals surface area (Å²) in [5.41, 5.74) is 0. The van der Waals surface area contributed by atoms with Crippen molar-refractivity contribution < 1.29 is 13.5 Å². The highest BCUT2D eigenvalue weighted by Gasteiger charge is 2.33. The number of rotatable bonds is 5. The Morgan fingerprint density at radius 2 is 1.94 bits per heavy atom. The molecule has 1 aromatic rings. The number of hydrogen-bond acceptors (Lipinski definition) is 3. The predicted molar refractivity (Wildman–Crippen MR) is 72.7 cm³/mol. The zero-order valence-electron chi connectivity index (χ0n) is 10.1. The lowest BCUT2D eigenvalue weighted by Crippen LogP contribution is -2.35. The van der Waals surface area contributed by atoms with Gasteiger partial charge in [-0.2, -0.15) is 4.31 Å². The summed E-state index contributed by atoms with van der Waals surface area (Å²) in [6.07, 6.45) is 1.43. The summed E-state index contributed by atoms with van der Waals surface area (Å²) in [6.45, 7) is 0.156. The number of likely N-dealkylation sites (N-methyl/N-ethyl adjacent to an activating group) is 1. The Labute approximate surface area is 116 Å². The first kappa shape index (κ1) is 14.0. The molecule has 18 heavy (non-hydrogen) atoms. The molecule has 1 unspecified atom stereocenters. The monoisotopic (exact) mass is 333 g/mol. The van der Waals surface area contributed by atoms with Gasteiger partial charge in [0.1, 0.15) is 0 Å². The lowest BCUT2D eigenvalue weighted by molar-refractivity contribution is 0.131. The molecule has 0 amide bonds. The normalized spacial score (nSPS) is 18.0. The van der Waals surface area contributed by atoms with Gasteiger partial charge in [0.15, 0.2) is 0 Å². The number of benzene rings is 1. The van der Waals surface area contributed by atoms with Crippen LogP contribution in [0.2, 0.25) is 0 Å². The van der Waals surface area contributed by atoms with Gasteiger partial charge >= 0.3 is 0 Å². The lowest BCUT2D eigenvalue weighted by atomic mass is 10.2. The van der Waals surface area contributed by atoms with Crippen molar-refractivity contribution in [3.8, 4) is 0 Å². The van der Waals surface area contributed by atoms with Gasteiger partial charge in [-0.25, -0.2) is 8.42 Å². The third-order valence-corrected chi connectivity index (χ3v) is 5.50. The van der Waals surface area contributed by atoms with Gasteiger partial charge in [-0.3, -0.25) is 0 Å². The van der Waals surface area contributed by atoms with E-state index in [-0.39, 0.29) is 17.4 Å². The standard InChI is InChI=1S/C12H16BrNO3S/c1-14(8-12(15)9-2-3-9)18(16,17)11-6-4-10(13)5-7-11/h4-7,9,12,15H,2-3,8H2,1H3. The van der Waals surface area contributed by atoms with Crippen LogP contribution in [0.15, 0.2) is 33.6 Å². The minimum Gasteiger partial charge on any atom is -0.391 e. The maximum Gasteiger partial charge on any atom is 0.242 e. The fourth-order valence-corrected chi connectivity index (χ4v) is 3.23. The number of aliphatic hydroxyl groups excluding tert-OH is 1. The Balaban J connectivity index is 2.11. The molecule has 1 atom stereocenters. The second kappa shape index (κ2) is 5.28. The summed E-state index contributed by atoms with van der Waals surface area (Å²) >= 11 is 3.27. The third kappa shape index (κ3) is 3.12. The van der Waals surface area contributed by atoms with Gasteiger partial charge < -0.3 is 5.11 Å². The van der Waals surface area contributed by atoms with Gasteiger partial charge in [0.2, 0.25) is 10.0 Å². The lowest BCUT2D eigenvalue weighted by Gasteiger charge is -2.20. The molecule has 1 aromatic carbocycles. The van der Waals surface area contributed by atoms with Crippen molar-refractivity contribution in [3.63, 3.8) is 0 Å². The SMILES string of the molecule is CN(CC(O)C1CC1)S(=O)(=O)c1ccc(Br)cc1. The van der Waals surface area contributed by atoms with Crippen molar-refractivity contribution in [2.45, 2.75) is 23.8 Å². The Morgan fingerprint density at radius 1 is 1.39 bits per heavy atom. The Morgan fingerprint density at radius 3 is 2.44 bits per heavy atom. The summed E-state index contributed by atoms with van der Waals surface area (Å²) < 4.78 is 26.5. The molecule has 1 aliphatic carbocycles. The Bertz CT molecular complexity index is 511. The second-order valence-corrected chi connectivity index (χ2v) is 7.60. The van der Waals surface area contributed by atoms with E-state index in [1.165, 1.54) is 11.4 Å². The molecule has 0 aromatic heterocycles. The van der Waals surface area contributed by atoms with E-state index in [9.17, 15) is 13.5 Å². The van der Waals surface area contributed by atoms with Gasteiger partial charge in [-0.1, -0.05) is 15.9 Å². The predicted octanol–water partition coefficient (Wildman–Crippen LogP) is 1.84. The van der Waals surface area contributed by atoms with E-state index in [0.29, 0.717) is 0 Å². The fourth-order valence-electron chi connectivity index (χ4n) is 1.78. The van der Waals surface area contributed by atoms with Crippen LogP contribution in [0.3, 0.4) is 0 Å². The van der Waals surface area contributed by atoms with Crippen LogP contribution in [0.4, 0.5) is 0 Å². The molecule has 100 valence electrons. The number of nitrogens with zero attached hydrogens (tertiary/aromatic N) is 1. The smallest absolute Gasteiger partial charge is 0.242 e. The maximum absolute atomic E-state index is 12.2. The summed E-state index contributed by atoms with van der Waals surface area (Å²) in [6, 6.07) is 6.49. The molecule has 1 aliphatic rings. The molecule has 4 nitrogen and oxygen atoms in total. The molecular weight excluding hydrogens is 318 g/mol. The second-order valence-electron chi connectivity index (χ2n) is 4.64. The first-order valence-corrected chi connectivity index (χ1v) is 8.04. The Hall–Kier alpha value is -0.430. The number of sulfonamides is 1. The molecule has 0 heterocycles. The molecule has 1 fully saturated rings. The van der Waals surface area contributed by atoms with Crippen molar-refractivity contribution in [3.05, 3.63) is 28.7 Å².